The van der Waals surface area contributed by atoms with E-state index in [1.165, 1.54) is 0 Å². The van der Waals surface area contributed by atoms with E-state index in [0.717, 1.165) is 10.6 Å². The predicted molar refractivity (Wildman–Crippen MR) is 73.2 cm³/mol. The van der Waals surface area contributed by atoms with E-state index in [1.807, 2.05) is 36.4 Å². The van der Waals surface area contributed by atoms with Gasteiger partial charge in [-0.05, 0) is 17.7 Å². The van der Waals surface area contributed by atoms with E-state index in [0.29, 0.717) is 5.69 Å². The topological polar surface area (TPSA) is 61.8 Å². The van der Waals surface area contributed by atoms with Crippen molar-refractivity contribution in [1.29, 1.82) is 0 Å². The summed E-state index contributed by atoms with van der Waals surface area (Å²) in [5.41, 5.74) is 1.46. The van der Waals surface area contributed by atoms with Crippen LogP contribution in [-0.2, 0) is 6.54 Å². The standard InChI is InChI=1S/C14H13N3O2/c18-14(15-13-9-5-2-6-10-13)17(16-19)11-12-7-3-1-4-8-12/h1-10H,11H2,(H,15,18). The lowest BCUT2D eigenvalue weighted by atomic mass is 10.2. The van der Waals surface area contributed by atoms with Crippen LogP contribution in [0.3, 0.4) is 0 Å². The quantitative estimate of drug-likeness (QED) is 0.672. The van der Waals surface area contributed by atoms with Crippen LogP contribution in [0.15, 0.2) is 65.9 Å². The van der Waals surface area contributed by atoms with Crippen LogP contribution in [0.5, 0.6) is 0 Å². The number of carbonyl (C=O) groups is 1. The van der Waals surface area contributed by atoms with Crippen LogP contribution in [0.25, 0.3) is 0 Å². The first-order valence-electron chi connectivity index (χ1n) is 5.80. The number of nitroso groups, excluding NO2 is 1. The number of nitrogens with zero attached hydrogens (tertiary/aromatic N) is 2. The number of hydrogen-bond donors (Lipinski definition) is 1. The summed E-state index contributed by atoms with van der Waals surface area (Å²) < 4.78 is 0. The van der Waals surface area contributed by atoms with E-state index < -0.39 is 6.03 Å². The average molecular weight is 255 g/mol. The molecular formula is C14H13N3O2. The second-order valence-corrected chi connectivity index (χ2v) is 3.92. The fourth-order valence-electron chi connectivity index (χ4n) is 1.60. The van der Waals surface area contributed by atoms with Crippen molar-refractivity contribution in [3.05, 3.63) is 71.1 Å². The number of benzene rings is 2. The number of para-hydroxylation sites is 1. The van der Waals surface area contributed by atoms with Gasteiger partial charge in [-0.1, -0.05) is 48.5 Å². The van der Waals surface area contributed by atoms with Crippen LogP contribution >= 0.6 is 0 Å². The van der Waals surface area contributed by atoms with Gasteiger partial charge < -0.3 is 5.32 Å². The normalized spacial score (nSPS) is 9.68. The van der Waals surface area contributed by atoms with Crippen LogP contribution in [0.2, 0.25) is 0 Å². The van der Waals surface area contributed by atoms with E-state index in [9.17, 15) is 9.70 Å². The molecule has 0 spiro atoms. The first kappa shape index (κ1) is 12.8. The number of carbonyl (C=O) groups excluding carboxylic acids is 1. The van der Waals surface area contributed by atoms with E-state index in [1.54, 1.807) is 24.3 Å². The van der Waals surface area contributed by atoms with Gasteiger partial charge in [-0.15, -0.1) is 4.91 Å². The van der Waals surface area contributed by atoms with Crippen LogP contribution in [0.4, 0.5) is 10.5 Å². The minimum Gasteiger partial charge on any atom is -0.306 e. The molecule has 0 heterocycles. The molecule has 19 heavy (non-hydrogen) atoms. The fraction of sp³-hybridized carbons (Fsp3) is 0.0714. The number of amides is 2. The molecule has 0 saturated heterocycles. The molecule has 5 heteroatoms. The van der Waals surface area contributed by atoms with Crippen molar-refractivity contribution in [2.24, 2.45) is 5.29 Å². The molecule has 0 saturated carbocycles. The molecule has 5 nitrogen and oxygen atoms in total. The van der Waals surface area contributed by atoms with Crippen LogP contribution in [-0.4, -0.2) is 11.0 Å². The van der Waals surface area contributed by atoms with Crippen LogP contribution < -0.4 is 5.32 Å². The van der Waals surface area contributed by atoms with Gasteiger partial charge in [0, 0.05) is 5.69 Å². The molecule has 0 atom stereocenters. The second-order valence-electron chi connectivity index (χ2n) is 3.92. The third kappa shape index (κ3) is 3.64. The van der Waals surface area contributed by atoms with E-state index in [4.69, 9.17) is 0 Å². The summed E-state index contributed by atoms with van der Waals surface area (Å²) in [6.45, 7) is 0.142. The summed E-state index contributed by atoms with van der Waals surface area (Å²) in [5.74, 6) is 0. The highest BCUT2D eigenvalue weighted by atomic mass is 16.3. The Labute approximate surface area is 110 Å². The molecular weight excluding hydrogens is 242 g/mol. The zero-order valence-corrected chi connectivity index (χ0v) is 10.2. The molecule has 2 rings (SSSR count). The van der Waals surface area contributed by atoms with Crippen molar-refractivity contribution in [1.82, 2.24) is 5.01 Å². The highest BCUT2D eigenvalue weighted by molar-refractivity contribution is 5.88. The second kappa shape index (κ2) is 6.30. The van der Waals surface area contributed by atoms with Gasteiger partial charge in [-0.3, -0.25) is 0 Å². The molecule has 2 amide bonds. The first-order valence-corrected chi connectivity index (χ1v) is 5.80. The van der Waals surface area contributed by atoms with Gasteiger partial charge in [0.15, 0.2) is 0 Å². The van der Waals surface area contributed by atoms with Gasteiger partial charge in [-0.25, -0.2) is 4.79 Å². The Kier molecular flexibility index (Phi) is 4.23. The lowest BCUT2D eigenvalue weighted by Gasteiger charge is -2.14. The lowest BCUT2D eigenvalue weighted by Crippen LogP contribution is -2.29. The fourth-order valence-corrected chi connectivity index (χ4v) is 1.60. The molecule has 2 aromatic rings. The lowest BCUT2D eigenvalue weighted by molar-refractivity contribution is 0.211. The molecule has 0 aliphatic carbocycles. The third-order valence-electron chi connectivity index (χ3n) is 2.53. The summed E-state index contributed by atoms with van der Waals surface area (Å²) in [7, 11) is 0. The SMILES string of the molecule is O=NN(Cc1ccccc1)C(=O)Nc1ccccc1. The van der Waals surface area contributed by atoms with E-state index in [-0.39, 0.29) is 6.54 Å². The zero-order chi connectivity index (χ0) is 13.5. The summed E-state index contributed by atoms with van der Waals surface area (Å²) in [6.07, 6.45) is 0. The molecule has 0 radical (unpaired) electrons. The van der Waals surface area contributed by atoms with Gasteiger partial charge in [0.2, 0.25) is 0 Å². The maximum Gasteiger partial charge on any atom is 0.345 e. The molecule has 0 aliphatic rings. The molecule has 1 N–H and O–H groups in total. The van der Waals surface area contributed by atoms with Crippen molar-refractivity contribution in [2.75, 3.05) is 5.32 Å². The molecule has 2 aromatic carbocycles. The van der Waals surface area contributed by atoms with Crippen molar-refractivity contribution >= 4 is 11.7 Å². The molecule has 0 bridgehead atoms. The molecule has 0 aliphatic heterocycles. The van der Waals surface area contributed by atoms with E-state index >= 15 is 0 Å². The Bertz CT molecular complexity index is 543. The number of urea groups is 1. The number of nitrogens with one attached hydrogen (secondary N) is 1. The van der Waals surface area contributed by atoms with Crippen molar-refractivity contribution in [3.63, 3.8) is 0 Å². The maximum absolute atomic E-state index is 11.9. The summed E-state index contributed by atoms with van der Waals surface area (Å²) in [4.78, 5) is 22.6. The monoisotopic (exact) mass is 255 g/mol. The zero-order valence-electron chi connectivity index (χ0n) is 10.2. The number of anilines is 1. The summed E-state index contributed by atoms with van der Waals surface area (Å²) >= 11 is 0. The largest absolute Gasteiger partial charge is 0.345 e. The average Bonchev–Trinajstić information content (AvgIpc) is 2.47. The minimum absolute atomic E-state index is 0.142. The molecule has 96 valence electrons. The Hall–Kier alpha value is -2.69. The van der Waals surface area contributed by atoms with Gasteiger partial charge in [0.05, 0.1) is 11.8 Å². The van der Waals surface area contributed by atoms with Gasteiger partial charge >= 0.3 is 6.03 Å². The van der Waals surface area contributed by atoms with Crippen molar-refractivity contribution in [2.45, 2.75) is 6.54 Å². The predicted octanol–water partition coefficient (Wildman–Crippen LogP) is 3.40. The highest BCUT2D eigenvalue weighted by Gasteiger charge is 2.14. The Morgan fingerprint density at radius 1 is 1.00 bits per heavy atom. The maximum atomic E-state index is 11.9. The molecule has 0 unspecified atom stereocenters. The van der Waals surface area contributed by atoms with Gasteiger partial charge in [0.1, 0.15) is 0 Å². The van der Waals surface area contributed by atoms with Crippen LogP contribution in [0, 0.1) is 4.91 Å². The summed E-state index contributed by atoms with van der Waals surface area (Å²) in [5, 5.41) is 6.21. The minimum atomic E-state index is -0.551. The van der Waals surface area contributed by atoms with E-state index in [2.05, 4.69) is 10.6 Å². The van der Waals surface area contributed by atoms with Crippen molar-refractivity contribution in [3.8, 4) is 0 Å². The Morgan fingerprint density at radius 2 is 1.58 bits per heavy atom. The number of hydrogen-bond acceptors (Lipinski definition) is 3. The van der Waals surface area contributed by atoms with Crippen LogP contribution in [0.1, 0.15) is 5.56 Å². The van der Waals surface area contributed by atoms with Gasteiger partial charge in [-0.2, -0.15) is 5.01 Å². The van der Waals surface area contributed by atoms with Gasteiger partial charge in [0.25, 0.3) is 0 Å². The highest BCUT2D eigenvalue weighted by Crippen LogP contribution is 2.09. The molecule has 0 fully saturated rings. The molecule has 0 aromatic heterocycles. The Morgan fingerprint density at radius 3 is 2.16 bits per heavy atom. The Balaban J connectivity index is 2.02. The summed E-state index contributed by atoms with van der Waals surface area (Å²) in [6, 6.07) is 17.6. The smallest absolute Gasteiger partial charge is 0.306 e. The van der Waals surface area contributed by atoms with Crippen molar-refractivity contribution < 1.29 is 4.79 Å². The first-order chi connectivity index (χ1) is 9.29. The number of rotatable bonds is 4. The third-order valence-corrected chi connectivity index (χ3v) is 2.53.